The van der Waals surface area contributed by atoms with Crippen molar-refractivity contribution >= 4 is 22.6 Å². The molecule has 3 aromatic rings. The molecule has 0 amide bonds. The van der Waals surface area contributed by atoms with Gasteiger partial charge in [0.25, 0.3) is 0 Å². The van der Waals surface area contributed by atoms with Gasteiger partial charge in [-0.05, 0) is 53.1 Å². The van der Waals surface area contributed by atoms with Crippen LogP contribution < -0.4 is 9.47 Å². The summed E-state index contributed by atoms with van der Waals surface area (Å²) >= 11 is 0. The number of carbonyl (C=O) groups is 1. The van der Waals surface area contributed by atoms with Crippen LogP contribution in [0.3, 0.4) is 0 Å². The van der Waals surface area contributed by atoms with Gasteiger partial charge in [0.1, 0.15) is 0 Å². The summed E-state index contributed by atoms with van der Waals surface area (Å²) in [5.74, 6) is 1.07. The zero-order valence-corrected chi connectivity index (χ0v) is 14.6. The lowest BCUT2D eigenvalue weighted by molar-refractivity contribution is 0.104. The van der Waals surface area contributed by atoms with Gasteiger partial charge in [-0.25, -0.2) is 0 Å². The first-order valence-corrected chi connectivity index (χ1v) is 8.07. The highest BCUT2D eigenvalue weighted by Crippen LogP contribution is 2.28. The molecule has 0 radical (unpaired) electrons. The Morgan fingerprint density at radius 3 is 2.32 bits per heavy atom. The quantitative estimate of drug-likeness (QED) is 0.484. The number of ketones is 1. The van der Waals surface area contributed by atoms with E-state index in [2.05, 4.69) is 25.1 Å². The van der Waals surface area contributed by atoms with E-state index in [-0.39, 0.29) is 5.78 Å². The van der Waals surface area contributed by atoms with Gasteiger partial charge in [-0.15, -0.1) is 0 Å². The molecule has 25 heavy (non-hydrogen) atoms. The molecule has 0 aliphatic rings. The van der Waals surface area contributed by atoms with E-state index in [0.29, 0.717) is 17.1 Å². The molecule has 0 heterocycles. The van der Waals surface area contributed by atoms with Crippen molar-refractivity contribution in [3.8, 4) is 11.5 Å². The second-order valence-electron chi connectivity index (χ2n) is 5.78. The average molecular weight is 332 g/mol. The standard InChI is InChI=1S/C22H20O3/c1-15-8-9-16(19-7-5-4-6-18(15)19)10-12-20(23)17-11-13-21(24-2)22(14-17)25-3/h4-14H,1-3H3/b12-10+. The molecule has 0 spiro atoms. The Balaban J connectivity index is 1.92. The van der Waals surface area contributed by atoms with Gasteiger partial charge in [-0.3, -0.25) is 4.79 Å². The van der Waals surface area contributed by atoms with E-state index >= 15 is 0 Å². The smallest absolute Gasteiger partial charge is 0.185 e. The Morgan fingerprint density at radius 2 is 1.60 bits per heavy atom. The fraction of sp³-hybridized carbons (Fsp3) is 0.136. The van der Waals surface area contributed by atoms with Gasteiger partial charge in [0.2, 0.25) is 0 Å². The highest BCUT2D eigenvalue weighted by Gasteiger charge is 2.09. The van der Waals surface area contributed by atoms with E-state index in [9.17, 15) is 4.79 Å². The minimum Gasteiger partial charge on any atom is -0.493 e. The molecule has 126 valence electrons. The zero-order chi connectivity index (χ0) is 17.8. The van der Waals surface area contributed by atoms with Crippen LogP contribution in [0.2, 0.25) is 0 Å². The number of hydrogen-bond donors (Lipinski definition) is 0. The Bertz CT molecular complexity index is 955. The molecule has 0 unspecified atom stereocenters. The first-order valence-electron chi connectivity index (χ1n) is 8.07. The fourth-order valence-electron chi connectivity index (χ4n) is 2.87. The van der Waals surface area contributed by atoms with Gasteiger partial charge in [-0.2, -0.15) is 0 Å². The monoisotopic (exact) mass is 332 g/mol. The van der Waals surface area contributed by atoms with Gasteiger partial charge < -0.3 is 9.47 Å². The van der Waals surface area contributed by atoms with Crippen LogP contribution >= 0.6 is 0 Å². The summed E-state index contributed by atoms with van der Waals surface area (Å²) in [4.78, 5) is 12.5. The lowest BCUT2D eigenvalue weighted by Crippen LogP contribution is -1.97. The number of hydrogen-bond acceptors (Lipinski definition) is 3. The van der Waals surface area contributed by atoms with Crippen molar-refractivity contribution in [2.75, 3.05) is 14.2 Å². The van der Waals surface area contributed by atoms with Gasteiger partial charge in [0, 0.05) is 5.56 Å². The molecule has 0 fully saturated rings. The molecule has 0 N–H and O–H groups in total. The van der Waals surface area contributed by atoms with Crippen LogP contribution in [0.5, 0.6) is 11.5 Å². The maximum Gasteiger partial charge on any atom is 0.185 e. The molecule has 3 aromatic carbocycles. The summed E-state index contributed by atoms with van der Waals surface area (Å²) in [5.41, 5.74) is 2.80. The second-order valence-corrected chi connectivity index (χ2v) is 5.78. The van der Waals surface area contributed by atoms with Crippen molar-refractivity contribution in [1.82, 2.24) is 0 Å². The molecular weight excluding hydrogens is 312 g/mol. The van der Waals surface area contributed by atoms with Crippen LogP contribution in [0.4, 0.5) is 0 Å². The summed E-state index contributed by atoms with van der Waals surface area (Å²) in [6.45, 7) is 2.09. The van der Waals surface area contributed by atoms with E-state index in [1.807, 2.05) is 24.3 Å². The average Bonchev–Trinajstić information content (AvgIpc) is 2.67. The van der Waals surface area contributed by atoms with Crippen molar-refractivity contribution in [1.29, 1.82) is 0 Å². The van der Waals surface area contributed by atoms with E-state index in [4.69, 9.17) is 9.47 Å². The maximum atomic E-state index is 12.5. The summed E-state index contributed by atoms with van der Waals surface area (Å²) in [6, 6.07) is 17.5. The number of aryl methyl sites for hydroxylation is 1. The number of carbonyl (C=O) groups excluding carboxylic acids is 1. The summed E-state index contributed by atoms with van der Waals surface area (Å²) < 4.78 is 10.5. The van der Waals surface area contributed by atoms with Crippen LogP contribution in [0, 0.1) is 6.92 Å². The predicted octanol–water partition coefficient (Wildman–Crippen LogP) is 5.06. The number of allylic oxidation sites excluding steroid dienone is 1. The van der Waals surface area contributed by atoms with Crippen LogP contribution in [0.15, 0.2) is 60.7 Å². The normalized spacial score (nSPS) is 11.0. The maximum absolute atomic E-state index is 12.5. The molecule has 3 nitrogen and oxygen atoms in total. The minimum absolute atomic E-state index is 0.0781. The fourth-order valence-corrected chi connectivity index (χ4v) is 2.87. The van der Waals surface area contributed by atoms with Gasteiger partial charge >= 0.3 is 0 Å². The summed E-state index contributed by atoms with van der Waals surface area (Å²) in [7, 11) is 3.13. The Morgan fingerprint density at radius 1 is 0.880 bits per heavy atom. The van der Waals surface area contributed by atoms with E-state index < -0.39 is 0 Å². The SMILES string of the molecule is COc1ccc(C(=O)/C=C/c2ccc(C)c3ccccc23)cc1OC. The van der Waals surface area contributed by atoms with Crippen molar-refractivity contribution < 1.29 is 14.3 Å². The first kappa shape index (κ1) is 16.8. The van der Waals surface area contributed by atoms with Crippen molar-refractivity contribution in [2.45, 2.75) is 6.92 Å². The number of ether oxygens (including phenoxy) is 2. The Labute approximate surface area is 147 Å². The van der Waals surface area contributed by atoms with E-state index in [0.717, 1.165) is 10.9 Å². The molecular formula is C22H20O3. The minimum atomic E-state index is -0.0781. The van der Waals surface area contributed by atoms with Crippen LogP contribution in [-0.2, 0) is 0 Å². The van der Waals surface area contributed by atoms with Gasteiger partial charge in [0.05, 0.1) is 14.2 Å². The predicted molar refractivity (Wildman–Crippen MR) is 102 cm³/mol. The van der Waals surface area contributed by atoms with Crippen molar-refractivity contribution in [2.24, 2.45) is 0 Å². The number of methoxy groups -OCH3 is 2. The highest BCUT2D eigenvalue weighted by molar-refractivity contribution is 6.08. The van der Waals surface area contributed by atoms with Crippen LogP contribution in [0.25, 0.3) is 16.8 Å². The highest BCUT2D eigenvalue weighted by atomic mass is 16.5. The summed E-state index contributed by atoms with van der Waals surface area (Å²) in [6.07, 6.45) is 3.46. The molecule has 0 bridgehead atoms. The van der Waals surface area contributed by atoms with E-state index in [1.165, 1.54) is 10.9 Å². The third-order valence-corrected chi connectivity index (χ3v) is 4.26. The van der Waals surface area contributed by atoms with E-state index in [1.54, 1.807) is 38.5 Å². The molecule has 0 saturated carbocycles. The third kappa shape index (κ3) is 3.41. The first-order chi connectivity index (χ1) is 12.1. The lowest BCUT2D eigenvalue weighted by Gasteiger charge is -2.08. The zero-order valence-electron chi connectivity index (χ0n) is 14.6. The largest absolute Gasteiger partial charge is 0.493 e. The van der Waals surface area contributed by atoms with Crippen molar-refractivity contribution in [3.05, 3.63) is 77.4 Å². The lowest BCUT2D eigenvalue weighted by atomic mass is 9.99. The molecule has 0 aromatic heterocycles. The Kier molecular flexibility index (Phi) is 4.85. The van der Waals surface area contributed by atoms with Crippen LogP contribution in [0.1, 0.15) is 21.5 Å². The van der Waals surface area contributed by atoms with Crippen molar-refractivity contribution in [3.63, 3.8) is 0 Å². The summed E-state index contributed by atoms with van der Waals surface area (Å²) in [5, 5.41) is 2.34. The third-order valence-electron chi connectivity index (χ3n) is 4.26. The number of benzene rings is 3. The van der Waals surface area contributed by atoms with Crippen LogP contribution in [-0.4, -0.2) is 20.0 Å². The van der Waals surface area contributed by atoms with Gasteiger partial charge in [-0.1, -0.05) is 42.5 Å². The number of rotatable bonds is 5. The topological polar surface area (TPSA) is 35.5 Å². The second kappa shape index (κ2) is 7.22. The molecule has 0 atom stereocenters. The molecule has 0 saturated heterocycles. The number of fused-ring (bicyclic) bond motifs is 1. The molecule has 3 rings (SSSR count). The van der Waals surface area contributed by atoms with Gasteiger partial charge in [0.15, 0.2) is 17.3 Å². The molecule has 0 aliphatic carbocycles. The molecule has 3 heteroatoms. The Hall–Kier alpha value is -3.07. The molecule has 0 aliphatic heterocycles.